The van der Waals surface area contributed by atoms with Gasteiger partial charge < -0.3 is 15.7 Å². The maximum absolute atomic E-state index is 8.87. The molecule has 1 heterocycles. The van der Waals surface area contributed by atoms with E-state index in [0.717, 1.165) is 16.4 Å². The predicted octanol–water partition coefficient (Wildman–Crippen LogP) is -0.541. The van der Waals surface area contributed by atoms with E-state index in [2.05, 4.69) is 15.6 Å². The summed E-state index contributed by atoms with van der Waals surface area (Å²) < 4.78 is 0. The molecule has 0 aliphatic carbocycles. The molecule has 17 heavy (non-hydrogen) atoms. The molecule has 1 aromatic rings. The van der Waals surface area contributed by atoms with Crippen LogP contribution in [-0.2, 0) is 0 Å². The number of nitrogens with zero attached hydrogens (tertiary/aromatic N) is 1. The Morgan fingerprint density at radius 3 is 3.06 bits per heavy atom. The van der Waals surface area contributed by atoms with Crippen molar-refractivity contribution in [3.8, 4) is 0 Å². The van der Waals surface area contributed by atoms with E-state index in [4.69, 9.17) is 5.11 Å². The maximum Gasteiger partial charge on any atom is 0.139 e. The summed E-state index contributed by atoms with van der Waals surface area (Å²) in [6.45, 7) is 2.61. The third-order valence-corrected chi connectivity index (χ3v) is 2.53. The average Bonchev–Trinajstić information content (AvgIpc) is 2.36. The summed E-state index contributed by atoms with van der Waals surface area (Å²) in [5, 5.41) is 17.3. The highest BCUT2D eigenvalue weighted by molar-refractivity contribution is 5.42. The molecule has 0 saturated heterocycles. The second-order valence-electron chi connectivity index (χ2n) is 3.79. The Bertz CT molecular complexity index is 522. The number of aliphatic hydroxyl groups is 1. The predicted molar refractivity (Wildman–Crippen MR) is 67.5 cm³/mol. The van der Waals surface area contributed by atoms with E-state index in [0.29, 0.717) is 6.54 Å². The van der Waals surface area contributed by atoms with Crippen LogP contribution in [0.2, 0.25) is 0 Å². The van der Waals surface area contributed by atoms with Gasteiger partial charge in [-0.3, -0.25) is 4.99 Å². The zero-order chi connectivity index (χ0) is 12.1. The Balaban J connectivity index is 2.43. The smallest absolute Gasteiger partial charge is 0.139 e. The van der Waals surface area contributed by atoms with Crippen molar-refractivity contribution in [2.45, 2.75) is 13.1 Å². The fourth-order valence-corrected chi connectivity index (χ4v) is 1.81. The van der Waals surface area contributed by atoms with E-state index in [-0.39, 0.29) is 12.8 Å². The minimum absolute atomic E-state index is 0.0453. The van der Waals surface area contributed by atoms with Crippen molar-refractivity contribution in [1.29, 1.82) is 0 Å². The summed E-state index contributed by atoms with van der Waals surface area (Å²) in [5.74, 6) is 0.924. The lowest BCUT2D eigenvalue weighted by Gasteiger charge is -2.20. The number of nitrogens with one attached hydrogen (secondary N) is 2. The highest BCUT2D eigenvalue weighted by Crippen LogP contribution is 1.95. The molecular weight excluding hydrogens is 214 g/mol. The molecule has 0 radical (unpaired) electrons. The molecule has 1 atom stereocenters. The first-order valence-corrected chi connectivity index (χ1v) is 5.76. The minimum Gasteiger partial charge on any atom is -0.395 e. The van der Waals surface area contributed by atoms with Crippen LogP contribution in [0.1, 0.15) is 6.92 Å². The third-order valence-electron chi connectivity index (χ3n) is 2.53. The molecule has 1 aliphatic heterocycles. The average molecular weight is 231 g/mol. The number of aliphatic hydroxyl groups excluding tert-OH is 1. The molecule has 3 N–H and O–H groups in total. The molecule has 1 aromatic carbocycles. The lowest BCUT2D eigenvalue weighted by Crippen LogP contribution is -2.47. The number of hydrogen-bond donors (Lipinski definition) is 3. The van der Waals surface area contributed by atoms with Gasteiger partial charge in [0.1, 0.15) is 12.0 Å². The van der Waals surface area contributed by atoms with Gasteiger partial charge in [0, 0.05) is 11.8 Å². The lowest BCUT2D eigenvalue weighted by atomic mass is 10.2. The van der Waals surface area contributed by atoms with E-state index >= 15 is 0 Å². The monoisotopic (exact) mass is 231 g/mol. The summed E-state index contributed by atoms with van der Waals surface area (Å²) in [6, 6.07) is 7.96. The van der Waals surface area contributed by atoms with Crippen molar-refractivity contribution in [2.75, 3.05) is 13.2 Å². The van der Waals surface area contributed by atoms with Crippen LogP contribution < -0.4 is 21.2 Å². The molecule has 0 amide bonds. The Labute approximate surface area is 100 Å². The Morgan fingerprint density at radius 2 is 2.29 bits per heavy atom. The molecule has 4 nitrogen and oxygen atoms in total. The van der Waals surface area contributed by atoms with Crippen LogP contribution >= 0.6 is 0 Å². The van der Waals surface area contributed by atoms with Gasteiger partial charge in [0.05, 0.1) is 12.0 Å². The number of hydrogen-bond acceptors (Lipinski definition) is 4. The Kier molecular flexibility index (Phi) is 3.77. The highest BCUT2D eigenvalue weighted by Gasteiger charge is 2.10. The second-order valence-corrected chi connectivity index (χ2v) is 3.79. The van der Waals surface area contributed by atoms with Gasteiger partial charge in [0.15, 0.2) is 0 Å². The van der Waals surface area contributed by atoms with Crippen molar-refractivity contribution in [3.05, 3.63) is 47.0 Å². The molecule has 2 rings (SSSR count). The van der Waals surface area contributed by atoms with Crippen molar-refractivity contribution in [1.82, 2.24) is 10.6 Å². The zero-order valence-corrected chi connectivity index (χ0v) is 9.85. The van der Waals surface area contributed by atoms with Crippen LogP contribution in [-0.4, -0.2) is 24.4 Å². The maximum atomic E-state index is 8.87. The van der Waals surface area contributed by atoms with Gasteiger partial charge in [-0.1, -0.05) is 18.2 Å². The van der Waals surface area contributed by atoms with Crippen LogP contribution in [0.3, 0.4) is 0 Å². The fraction of sp³-hybridized carbons (Fsp3) is 0.308. The van der Waals surface area contributed by atoms with Crippen molar-refractivity contribution < 1.29 is 5.11 Å². The molecule has 1 aliphatic rings. The van der Waals surface area contributed by atoms with Crippen molar-refractivity contribution >= 4 is 5.82 Å². The minimum atomic E-state index is -0.0453. The summed E-state index contributed by atoms with van der Waals surface area (Å²) in [4.78, 5) is 4.57. The molecule has 1 unspecified atom stereocenters. The van der Waals surface area contributed by atoms with Crippen molar-refractivity contribution in [2.24, 2.45) is 4.99 Å². The second kappa shape index (κ2) is 5.50. The van der Waals surface area contributed by atoms with Gasteiger partial charge in [-0.15, -0.1) is 0 Å². The molecule has 0 saturated carbocycles. The molecule has 0 bridgehead atoms. The zero-order valence-electron chi connectivity index (χ0n) is 9.85. The van der Waals surface area contributed by atoms with E-state index in [1.54, 1.807) is 0 Å². The molecule has 4 heteroatoms. The number of para-hydroxylation sites is 1. The molecular formula is C13H17N3O. The molecule has 0 fully saturated rings. The Morgan fingerprint density at radius 1 is 1.47 bits per heavy atom. The summed E-state index contributed by atoms with van der Waals surface area (Å²) >= 11 is 0. The van der Waals surface area contributed by atoms with Crippen LogP contribution in [0, 0.1) is 0 Å². The topological polar surface area (TPSA) is 56.7 Å². The van der Waals surface area contributed by atoms with E-state index < -0.39 is 0 Å². The highest BCUT2D eigenvalue weighted by atomic mass is 16.3. The SMILES string of the molecule is C/C=C/C1N=c2ccccc2=C(NCCO)N1. The number of rotatable bonds is 4. The van der Waals surface area contributed by atoms with Gasteiger partial charge in [-0.25, -0.2) is 0 Å². The Hall–Kier alpha value is -1.81. The number of fused-ring (bicyclic) bond motifs is 1. The summed E-state index contributed by atoms with van der Waals surface area (Å²) in [7, 11) is 0. The number of allylic oxidation sites excluding steroid dienone is 1. The first-order chi connectivity index (χ1) is 8.35. The van der Waals surface area contributed by atoms with E-state index in [1.807, 2.05) is 43.3 Å². The van der Waals surface area contributed by atoms with E-state index in [9.17, 15) is 0 Å². The van der Waals surface area contributed by atoms with Gasteiger partial charge in [0.2, 0.25) is 0 Å². The summed E-state index contributed by atoms with van der Waals surface area (Å²) in [6.07, 6.45) is 3.92. The number of benzene rings is 1. The van der Waals surface area contributed by atoms with Gasteiger partial charge in [-0.2, -0.15) is 0 Å². The lowest BCUT2D eigenvalue weighted by molar-refractivity contribution is 0.298. The van der Waals surface area contributed by atoms with Gasteiger partial charge in [-0.05, 0) is 25.1 Å². The van der Waals surface area contributed by atoms with Crippen LogP contribution in [0.4, 0.5) is 0 Å². The van der Waals surface area contributed by atoms with Crippen LogP contribution in [0.15, 0.2) is 41.4 Å². The first kappa shape index (κ1) is 11.7. The first-order valence-electron chi connectivity index (χ1n) is 5.76. The summed E-state index contributed by atoms with van der Waals surface area (Å²) in [5.41, 5.74) is 0. The van der Waals surface area contributed by atoms with E-state index in [1.165, 1.54) is 0 Å². The quantitative estimate of drug-likeness (QED) is 0.610. The fourth-order valence-electron chi connectivity index (χ4n) is 1.81. The van der Waals surface area contributed by atoms with Crippen LogP contribution in [0.25, 0.3) is 5.82 Å². The van der Waals surface area contributed by atoms with Gasteiger partial charge >= 0.3 is 0 Å². The largest absolute Gasteiger partial charge is 0.395 e. The molecule has 0 aromatic heterocycles. The normalized spacial score (nSPS) is 18.5. The molecule has 90 valence electrons. The molecule has 0 spiro atoms. The van der Waals surface area contributed by atoms with Crippen LogP contribution in [0.5, 0.6) is 0 Å². The van der Waals surface area contributed by atoms with Crippen molar-refractivity contribution in [3.63, 3.8) is 0 Å². The van der Waals surface area contributed by atoms with Gasteiger partial charge in [0.25, 0.3) is 0 Å². The third kappa shape index (κ3) is 2.65. The standard InChI is InChI=1S/C13H17N3O/c1-2-5-12-15-11-7-4-3-6-10(11)13(16-12)14-8-9-17/h2-7,12,14,16-17H,8-9H2,1H3/b5-2+.